The van der Waals surface area contributed by atoms with Crippen LogP contribution in [0.1, 0.15) is 50.8 Å². The molecule has 0 saturated heterocycles. The van der Waals surface area contributed by atoms with Crippen molar-refractivity contribution in [3.8, 4) is 0 Å². The standard InChI is InChI=1S/C14H25N3/c1-2-17(12-7-4-3-5-8-12)14(11-15)13-9-6-10-16-13/h6,9-10,12,14,16H,2-5,7-8,11,15H2,1H3. The van der Waals surface area contributed by atoms with Gasteiger partial charge in [0.2, 0.25) is 0 Å². The molecule has 1 fully saturated rings. The Labute approximate surface area is 104 Å². The molecule has 1 aliphatic rings. The van der Waals surface area contributed by atoms with Crippen molar-refractivity contribution in [3.63, 3.8) is 0 Å². The minimum absolute atomic E-state index is 0.359. The quantitative estimate of drug-likeness (QED) is 0.824. The summed E-state index contributed by atoms with van der Waals surface area (Å²) in [6, 6.07) is 5.30. The lowest BCUT2D eigenvalue weighted by atomic mass is 9.92. The first-order valence-electron chi connectivity index (χ1n) is 6.96. The number of H-pyrrole nitrogens is 1. The maximum absolute atomic E-state index is 5.99. The van der Waals surface area contributed by atoms with E-state index in [0.29, 0.717) is 12.6 Å². The third-order valence-electron chi connectivity index (χ3n) is 4.01. The van der Waals surface area contributed by atoms with Gasteiger partial charge in [0, 0.05) is 24.5 Å². The van der Waals surface area contributed by atoms with Gasteiger partial charge in [-0.3, -0.25) is 4.90 Å². The summed E-state index contributed by atoms with van der Waals surface area (Å²) in [6.07, 6.45) is 8.83. The smallest absolute Gasteiger partial charge is 0.0624 e. The van der Waals surface area contributed by atoms with Crippen LogP contribution in [0, 0.1) is 0 Å². The Morgan fingerprint density at radius 1 is 1.41 bits per heavy atom. The number of nitrogens with zero attached hydrogens (tertiary/aromatic N) is 1. The van der Waals surface area contributed by atoms with E-state index in [4.69, 9.17) is 5.73 Å². The summed E-state index contributed by atoms with van der Waals surface area (Å²) in [7, 11) is 0. The minimum atomic E-state index is 0.359. The average molecular weight is 235 g/mol. The number of aromatic amines is 1. The van der Waals surface area contributed by atoms with Crippen LogP contribution in [0.5, 0.6) is 0 Å². The molecule has 0 aromatic carbocycles. The van der Waals surface area contributed by atoms with Crippen molar-refractivity contribution < 1.29 is 0 Å². The first-order chi connectivity index (χ1) is 8.36. The number of hydrogen-bond acceptors (Lipinski definition) is 2. The van der Waals surface area contributed by atoms with E-state index in [1.54, 1.807) is 0 Å². The summed E-state index contributed by atoms with van der Waals surface area (Å²) < 4.78 is 0. The fourth-order valence-corrected chi connectivity index (χ4v) is 3.14. The van der Waals surface area contributed by atoms with Gasteiger partial charge in [0.1, 0.15) is 0 Å². The molecule has 0 aliphatic heterocycles. The van der Waals surface area contributed by atoms with E-state index < -0.39 is 0 Å². The molecule has 0 amide bonds. The summed E-state index contributed by atoms with van der Waals surface area (Å²) in [4.78, 5) is 5.91. The van der Waals surface area contributed by atoms with Crippen LogP contribution < -0.4 is 5.73 Å². The van der Waals surface area contributed by atoms with Gasteiger partial charge in [-0.05, 0) is 31.5 Å². The van der Waals surface area contributed by atoms with Crippen LogP contribution in [-0.4, -0.2) is 29.0 Å². The van der Waals surface area contributed by atoms with Gasteiger partial charge in [0.05, 0.1) is 6.04 Å². The molecule has 2 rings (SSSR count). The van der Waals surface area contributed by atoms with Crippen LogP contribution in [0.2, 0.25) is 0 Å². The van der Waals surface area contributed by atoms with Crippen LogP contribution in [0.4, 0.5) is 0 Å². The van der Waals surface area contributed by atoms with Crippen LogP contribution in [0.25, 0.3) is 0 Å². The third-order valence-corrected chi connectivity index (χ3v) is 4.01. The average Bonchev–Trinajstić information content (AvgIpc) is 2.90. The van der Waals surface area contributed by atoms with Gasteiger partial charge in [-0.15, -0.1) is 0 Å². The summed E-state index contributed by atoms with van der Waals surface area (Å²) >= 11 is 0. The number of hydrogen-bond donors (Lipinski definition) is 2. The molecule has 96 valence electrons. The van der Waals surface area contributed by atoms with Crippen molar-refractivity contribution >= 4 is 0 Å². The second-order valence-corrected chi connectivity index (χ2v) is 5.00. The molecule has 0 bridgehead atoms. The van der Waals surface area contributed by atoms with Crippen LogP contribution in [0.15, 0.2) is 18.3 Å². The lowest BCUT2D eigenvalue weighted by molar-refractivity contribution is 0.112. The molecular weight excluding hydrogens is 210 g/mol. The molecule has 3 N–H and O–H groups in total. The molecule has 0 spiro atoms. The highest BCUT2D eigenvalue weighted by molar-refractivity contribution is 5.10. The molecule has 1 unspecified atom stereocenters. The van der Waals surface area contributed by atoms with E-state index in [9.17, 15) is 0 Å². The molecule has 1 heterocycles. The van der Waals surface area contributed by atoms with Gasteiger partial charge in [0.15, 0.2) is 0 Å². The number of likely N-dealkylation sites (N-methyl/N-ethyl adjacent to an activating group) is 1. The third kappa shape index (κ3) is 2.90. The summed E-state index contributed by atoms with van der Waals surface area (Å²) in [5.41, 5.74) is 7.25. The van der Waals surface area contributed by atoms with Crippen molar-refractivity contribution in [2.24, 2.45) is 5.73 Å². The maximum Gasteiger partial charge on any atom is 0.0624 e. The molecule has 0 radical (unpaired) electrons. The van der Waals surface area contributed by atoms with Gasteiger partial charge in [0.25, 0.3) is 0 Å². The highest BCUT2D eigenvalue weighted by Crippen LogP contribution is 2.28. The number of aromatic nitrogens is 1. The molecule has 1 saturated carbocycles. The molecule has 17 heavy (non-hydrogen) atoms. The van der Waals surface area contributed by atoms with Crippen molar-refractivity contribution in [3.05, 3.63) is 24.0 Å². The SMILES string of the molecule is CCN(C1CCCCC1)C(CN)c1ccc[nH]1. The van der Waals surface area contributed by atoms with Crippen LogP contribution in [0.3, 0.4) is 0 Å². The van der Waals surface area contributed by atoms with E-state index >= 15 is 0 Å². The fraction of sp³-hybridized carbons (Fsp3) is 0.714. The Balaban J connectivity index is 2.09. The van der Waals surface area contributed by atoms with Gasteiger partial charge in [-0.25, -0.2) is 0 Å². The fourth-order valence-electron chi connectivity index (χ4n) is 3.14. The Morgan fingerprint density at radius 3 is 2.71 bits per heavy atom. The van der Waals surface area contributed by atoms with Crippen molar-refractivity contribution in [1.29, 1.82) is 0 Å². The minimum Gasteiger partial charge on any atom is -0.364 e. The Hall–Kier alpha value is -0.800. The number of nitrogens with one attached hydrogen (secondary N) is 1. The first kappa shape index (κ1) is 12.7. The van der Waals surface area contributed by atoms with E-state index in [0.717, 1.165) is 12.6 Å². The summed E-state index contributed by atoms with van der Waals surface area (Å²) in [6.45, 7) is 4.04. The van der Waals surface area contributed by atoms with E-state index in [1.165, 1.54) is 37.8 Å². The number of rotatable bonds is 5. The second kappa shape index (κ2) is 6.22. The van der Waals surface area contributed by atoms with Crippen LogP contribution in [-0.2, 0) is 0 Å². The zero-order chi connectivity index (χ0) is 12.1. The monoisotopic (exact) mass is 235 g/mol. The summed E-state index contributed by atoms with van der Waals surface area (Å²) in [5.74, 6) is 0. The van der Waals surface area contributed by atoms with Crippen molar-refractivity contribution in [2.75, 3.05) is 13.1 Å². The molecule has 1 aromatic heterocycles. The van der Waals surface area contributed by atoms with E-state index in [-0.39, 0.29) is 0 Å². The maximum atomic E-state index is 5.99. The highest BCUT2D eigenvalue weighted by Gasteiger charge is 2.26. The lowest BCUT2D eigenvalue weighted by Crippen LogP contribution is -2.42. The predicted molar refractivity (Wildman–Crippen MR) is 71.8 cm³/mol. The zero-order valence-corrected chi connectivity index (χ0v) is 10.9. The molecule has 3 nitrogen and oxygen atoms in total. The summed E-state index contributed by atoms with van der Waals surface area (Å²) in [5, 5.41) is 0. The van der Waals surface area contributed by atoms with Crippen molar-refractivity contribution in [1.82, 2.24) is 9.88 Å². The van der Waals surface area contributed by atoms with Crippen molar-refractivity contribution in [2.45, 2.75) is 51.1 Å². The Morgan fingerprint density at radius 2 is 2.18 bits per heavy atom. The molecule has 1 aromatic rings. The zero-order valence-electron chi connectivity index (χ0n) is 10.9. The van der Waals surface area contributed by atoms with E-state index in [2.05, 4.69) is 28.9 Å². The van der Waals surface area contributed by atoms with Gasteiger partial charge in [-0.2, -0.15) is 0 Å². The molecular formula is C14H25N3. The second-order valence-electron chi connectivity index (χ2n) is 5.00. The normalized spacial score (nSPS) is 19.7. The molecule has 3 heteroatoms. The highest BCUT2D eigenvalue weighted by atomic mass is 15.2. The van der Waals surface area contributed by atoms with Gasteiger partial charge >= 0.3 is 0 Å². The Kier molecular flexibility index (Phi) is 4.63. The van der Waals surface area contributed by atoms with Gasteiger partial charge < -0.3 is 10.7 Å². The topological polar surface area (TPSA) is 45.0 Å². The first-order valence-corrected chi connectivity index (χ1v) is 6.96. The predicted octanol–water partition coefficient (Wildman–Crippen LogP) is 2.67. The Bertz CT molecular complexity index is 301. The number of nitrogens with two attached hydrogens (primary N) is 1. The van der Waals surface area contributed by atoms with Crippen LogP contribution >= 0.6 is 0 Å². The molecule has 1 atom stereocenters. The lowest BCUT2D eigenvalue weighted by Gasteiger charge is -2.38. The van der Waals surface area contributed by atoms with Gasteiger partial charge in [-0.1, -0.05) is 26.2 Å². The molecule has 1 aliphatic carbocycles. The largest absolute Gasteiger partial charge is 0.364 e. The van der Waals surface area contributed by atoms with E-state index in [1.807, 2.05) is 6.20 Å².